The fourth-order valence-electron chi connectivity index (χ4n) is 4.35. The summed E-state index contributed by atoms with van der Waals surface area (Å²) in [4.78, 5) is 0. The van der Waals surface area contributed by atoms with Gasteiger partial charge in [0.2, 0.25) is 0 Å². The molecule has 0 aliphatic heterocycles. The molecule has 1 unspecified atom stereocenters. The van der Waals surface area contributed by atoms with Gasteiger partial charge in [0.25, 0.3) is 0 Å². The molecule has 0 spiro atoms. The Labute approximate surface area is 272 Å². The molecule has 0 heterocycles. The molecule has 0 saturated carbocycles. The smallest absolute Gasteiger partial charge is 0.0253 e. The Kier molecular flexibility index (Phi) is 14.8. The minimum absolute atomic E-state index is 0. The van der Waals surface area contributed by atoms with E-state index in [1.165, 1.54) is 44.5 Å². The molecule has 0 radical (unpaired) electrons. The van der Waals surface area contributed by atoms with E-state index in [-0.39, 0.29) is 24.8 Å². The Morgan fingerprint density at radius 3 is 1.80 bits per heavy atom. The van der Waals surface area contributed by atoms with Gasteiger partial charge in [-0.1, -0.05) is 55.2 Å². The van der Waals surface area contributed by atoms with Gasteiger partial charge in [-0.05, 0) is 6.42 Å². The van der Waals surface area contributed by atoms with Crippen LogP contribution in [-0.4, -0.2) is 7.42 Å². The fraction of sp³-hybridized carbons (Fsp3) is 0.143. The van der Waals surface area contributed by atoms with Crippen LogP contribution in [0.4, 0.5) is 0 Å². The van der Waals surface area contributed by atoms with E-state index < -0.39 is 22.3 Å². The standard InChI is InChI=1S/C13H9.C8H11.2C7H5Cl.2ClH.Zr/c1-3-7-12-10(5-1)9-11-6-2-4-8-13(11)12;1-6-4-7(2)8(3)5-6;2*1-6-2-4-7(8)5-3-6;;;/h1-5,7-8H,9H2;4,6H,1-3H3;2*1-5H;2*1H;/q2*-1;;;;;. The summed E-state index contributed by atoms with van der Waals surface area (Å²) in [5.74, 6) is 0.551. The molecule has 206 valence electrons. The van der Waals surface area contributed by atoms with Gasteiger partial charge in [0.1, 0.15) is 0 Å². The van der Waals surface area contributed by atoms with Crippen LogP contribution in [0.5, 0.6) is 0 Å². The summed E-state index contributed by atoms with van der Waals surface area (Å²) in [6.45, 7) is 6.39. The third-order valence-corrected chi connectivity index (χ3v) is 9.35. The van der Waals surface area contributed by atoms with Crippen molar-refractivity contribution in [1.82, 2.24) is 0 Å². The van der Waals surface area contributed by atoms with Gasteiger partial charge in [-0.2, -0.15) is 35.9 Å². The summed E-state index contributed by atoms with van der Waals surface area (Å²) >= 11 is 11.0. The van der Waals surface area contributed by atoms with Crippen LogP contribution >= 0.6 is 48.0 Å². The molecule has 5 heteroatoms. The van der Waals surface area contributed by atoms with Gasteiger partial charge in [-0.25, -0.2) is 11.1 Å². The Morgan fingerprint density at radius 1 is 0.750 bits per heavy atom. The molecule has 0 saturated heterocycles. The van der Waals surface area contributed by atoms with Crippen molar-refractivity contribution in [3.05, 3.63) is 153 Å². The van der Waals surface area contributed by atoms with Crippen molar-refractivity contribution in [2.24, 2.45) is 5.92 Å². The van der Waals surface area contributed by atoms with Crippen LogP contribution in [-0.2, 0) is 28.7 Å². The molecule has 2 aliphatic carbocycles. The third-order valence-electron chi connectivity index (χ3n) is 6.39. The minimum atomic E-state index is -0.623. The van der Waals surface area contributed by atoms with Crippen LogP contribution in [0.1, 0.15) is 43.0 Å². The van der Waals surface area contributed by atoms with E-state index in [4.69, 9.17) is 23.2 Å². The summed E-state index contributed by atoms with van der Waals surface area (Å²) in [6.07, 6.45) is 6.57. The number of benzene rings is 4. The van der Waals surface area contributed by atoms with Crippen LogP contribution < -0.4 is 0 Å². The van der Waals surface area contributed by atoms with Crippen molar-refractivity contribution < 1.29 is 22.3 Å². The van der Waals surface area contributed by atoms with Gasteiger partial charge < -0.3 is 0 Å². The predicted molar refractivity (Wildman–Crippen MR) is 177 cm³/mol. The monoisotopic (exact) mass is 682 g/mol. The number of fused-ring (bicyclic) bond motifs is 3. The molecule has 0 bridgehead atoms. The Morgan fingerprint density at radius 2 is 1.30 bits per heavy atom. The second-order valence-corrected chi connectivity index (χ2v) is 12.5. The van der Waals surface area contributed by atoms with E-state index in [0.717, 1.165) is 16.5 Å². The van der Waals surface area contributed by atoms with Gasteiger partial charge in [0.05, 0.1) is 0 Å². The Balaban J connectivity index is 0.000000217. The maximum absolute atomic E-state index is 5.84. The van der Waals surface area contributed by atoms with Crippen molar-refractivity contribution in [1.29, 1.82) is 0 Å². The number of rotatable bonds is 2. The normalized spacial score (nSPS) is 13.6. The van der Waals surface area contributed by atoms with E-state index in [9.17, 15) is 0 Å². The van der Waals surface area contributed by atoms with Crippen LogP contribution in [0.3, 0.4) is 0 Å². The zero-order valence-corrected chi connectivity index (χ0v) is 28.4. The van der Waals surface area contributed by atoms with Gasteiger partial charge >= 0.3 is 123 Å². The van der Waals surface area contributed by atoms with Crippen molar-refractivity contribution in [2.75, 3.05) is 0 Å². The largest absolute Gasteiger partial charge is 0.179 e. The van der Waals surface area contributed by atoms with Crippen molar-refractivity contribution in [3.63, 3.8) is 0 Å². The quantitative estimate of drug-likeness (QED) is 0.162. The molecule has 0 amide bonds. The van der Waals surface area contributed by atoms with Gasteiger partial charge in [-0.15, -0.1) is 37.3 Å². The molecule has 0 nitrogen and oxygen atoms in total. The summed E-state index contributed by atoms with van der Waals surface area (Å²) < 4.78 is 4.66. The summed E-state index contributed by atoms with van der Waals surface area (Å²) in [6, 6.07) is 34.0. The first-order valence-electron chi connectivity index (χ1n) is 12.7. The average Bonchev–Trinajstić information content (AvgIpc) is 3.44. The Bertz CT molecular complexity index is 1400. The molecule has 2 aliphatic rings. The molecular weight excluding hydrogens is 653 g/mol. The molecule has 6 rings (SSSR count). The maximum Gasteiger partial charge on any atom is -0.0253 e. The van der Waals surface area contributed by atoms with Gasteiger partial charge in [0.15, 0.2) is 0 Å². The molecule has 0 aromatic heterocycles. The molecule has 40 heavy (non-hydrogen) atoms. The van der Waals surface area contributed by atoms with Crippen molar-refractivity contribution in [2.45, 2.75) is 27.2 Å². The molecular formula is C35H32Cl4Zr-2. The average molecular weight is 686 g/mol. The summed E-state index contributed by atoms with van der Waals surface area (Å²) in [5, 5.41) is 1.57. The summed E-state index contributed by atoms with van der Waals surface area (Å²) in [5.41, 5.74) is 10.7. The molecule has 0 N–H and O–H groups in total. The molecule has 1 atom stereocenters. The maximum atomic E-state index is 5.84. The predicted octanol–water partition coefficient (Wildman–Crippen LogP) is 10.3. The second kappa shape index (κ2) is 17.2. The number of hydrogen-bond acceptors (Lipinski definition) is 0. The number of hydrogen-bond donors (Lipinski definition) is 0. The van der Waals surface area contributed by atoms with E-state index >= 15 is 0 Å². The van der Waals surface area contributed by atoms with Gasteiger partial charge in [0, 0.05) is 0 Å². The first kappa shape index (κ1) is 34.3. The van der Waals surface area contributed by atoms with Crippen molar-refractivity contribution >= 4 is 55.4 Å². The molecule has 0 fully saturated rings. The van der Waals surface area contributed by atoms with E-state index in [2.05, 4.69) is 107 Å². The number of allylic oxidation sites excluding steroid dienone is 4. The van der Waals surface area contributed by atoms with E-state index in [0.29, 0.717) is 5.92 Å². The zero-order chi connectivity index (χ0) is 26.9. The van der Waals surface area contributed by atoms with Crippen LogP contribution in [0.15, 0.2) is 108 Å². The fourth-order valence-corrected chi connectivity index (χ4v) is 6.70. The van der Waals surface area contributed by atoms with E-state index in [1.54, 1.807) is 0 Å². The van der Waals surface area contributed by atoms with Crippen molar-refractivity contribution in [3.8, 4) is 11.1 Å². The van der Waals surface area contributed by atoms with E-state index in [1.807, 2.05) is 30.3 Å². The van der Waals surface area contributed by atoms with Crippen LogP contribution in [0.25, 0.3) is 11.1 Å². The topological polar surface area (TPSA) is 0 Å². The van der Waals surface area contributed by atoms with Gasteiger partial charge in [-0.3, -0.25) is 6.08 Å². The van der Waals surface area contributed by atoms with Crippen LogP contribution in [0.2, 0.25) is 10.0 Å². The SMILES string of the molecule is CC1=[C-]C(C)C=C1C.Cl.Cl.Clc1ccc([CH]=[Zr]=[CH]c2ccc(Cl)cc2)cc1.[c-]1cccc2c1Cc1ccccc1-2. The first-order chi connectivity index (χ1) is 18.4. The molecule has 4 aromatic rings. The zero-order valence-electron chi connectivity index (χ0n) is 22.7. The third kappa shape index (κ3) is 10.2. The first-order valence-corrected chi connectivity index (χ1v) is 16.3. The minimum Gasteiger partial charge on any atom is -0.179 e. The second-order valence-electron chi connectivity index (χ2n) is 9.36. The van der Waals surface area contributed by atoms with Crippen LogP contribution in [0, 0.1) is 18.1 Å². The number of halogens is 4. The Hall–Kier alpha value is -1.86. The molecule has 4 aromatic carbocycles. The summed E-state index contributed by atoms with van der Waals surface area (Å²) in [7, 11) is 0.